The molecule has 4 heterocycles. The summed E-state index contributed by atoms with van der Waals surface area (Å²) >= 11 is 2.90. The van der Waals surface area contributed by atoms with Crippen molar-refractivity contribution < 1.29 is 9.59 Å². The highest BCUT2D eigenvalue weighted by atomic mass is 32.1. The standard InChI is InChI=1S/C18H8N4O2S2/c23-17-9-8-12-10(18(24)22-16(20-12)14-4-2-6-26-14)7-11(9)19-15(21-17)13-3-1-5-25-13/h1-8H. The van der Waals surface area contributed by atoms with Crippen molar-refractivity contribution in [1.29, 1.82) is 0 Å². The van der Waals surface area contributed by atoms with Gasteiger partial charge in [0.1, 0.15) is 0 Å². The third kappa shape index (κ3) is 2.39. The quantitative estimate of drug-likeness (QED) is 0.687. The van der Waals surface area contributed by atoms with Crippen molar-refractivity contribution in [2.45, 2.75) is 0 Å². The minimum atomic E-state index is -0.385. The fourth-order valence-corrected chi connectivity index (χ4v) is 4.04. The van der Waals surface area contributed by atoms with Crippen LogP contribution in [0.2, 0.25) is 0 Å². The monoisotopic (exact) mass is 376 g/mol. The van der Waals surface area contributed by atoms with Gasteiger partial charge in [-0.15, -0.1) is 22.7 Å². The summed E-state index contributed by atoms with van der Waals surface area (Å²) in [6.07, 6.45) is 0. The number of hydrogen-bond acceptors (Lipinski definition) is 6. The van der Waals surface area contributed by atoms with E-state index in [1.54, 1.807) is 12.1 Å². The Morgan fingerprint density at radius 2 is 1.12 bits per heavy atom. The third-order valence-electron chi connectivity index (χ3n) is 3.93. The lowest BCUT2D eigenvalue weighted by Gasteiger charge is -2.10. The van der Waals surface area contributed by atoms with Crippen LogP contribution in [0.4, 0.5) is 0 Å². The zero-order valence-electron chi connectivity index (χ0n) is 13.0. The van der Waals surface area contributed by atoms with Gasteiger partial charge in [0.05, 0.1) is 31.6 Å². The highest BCUT2D eigenvalue weighted by Crippen LogP contribution is 2.16. The van der Waals surface area contributed by atoms with E-state index in [1.165, 1.54) is 22.7 Å². The zero-order valence-corrected chi connectivity index (χ0v) is 14.7. The number of rotatable bonds is 2. The normalized spacial score (nSPS) is 15.4. The van der Waals surface area contributed by atoms with Crippen molar-refractivity contribution in [2.75, 3.05) is 0 Å². The molecule has 3 aromatic rings. The molecule has 0 spiro atoms. The van der Waals surface area contributed by atoms with Crippen molar-refractivity contribution in [3.63, 3.8) is 0 Å². The molecule has 6 nitrogen and oxygen atoms in total. The van der Waals surface area contributed by atoms with Crippen molar-refractivity contribution in [1.82, 2.24) is 0 Å². The van der Waals surface area contributed by atoms with Crippen LogP contribution in [0.1, 0.15) is 30.5 Å². The van der Waals surface area contributed by atoms with Crippen LogP contribution >= 0.6 is 22.7 Å². The van der Waals surface area contributed by atoms with Gasteiger partial charge in [0.25, 0.3) is 11.8 Å². The van der Waals surface area contributed by atoms with Gasteiger partial charge >= 0.3 is 0 Å². The summed E-state index contributed by atoms with van der Waals surface area (Å²) in [7, 11) is 0. The zero-order chi connectivity index (χ0) is 17.7. The highest BCUT2D eigenvalue weighted by Gasteiger charge is 2.22. The molecule has 2 amide bonds. The van der Waals surface area contributed by atoms with E-state index in [2.05, 4.69) is 20.0 Å². The van der Waals surface area contributed by atoms with Crippen LogP contribution in [-0.2, 0) is 0 Å². The van der Waals surface area contributed by atoms with E-state index in [-0.39, 0.29) is 11.8 Å². The highest BCUT2D eigenvalue weighted by molar-refractivity contribution is 7.12. The Labute approximate surface area is 154 Å². The summed E-state index contributed by atoms with van der Waals surface area (Å²) in [6.45, 7) is 0. The summed E-state index contributed by atoms with van der Waals surface area (Å²) in [6, 6.07) is 10.6. The van der Waals surface area contributed by atoms with Crippen molar-refractivity contribution in [3.05, 3.63) is 78.8 Å². The van der Waals surface area contributed by atoms with Crippen LogP contribution in [0, 0.1) is 0 Å². The number of aliphatic imine (C=N–C) groups is 2. The van der Waals surface area contributed by atoms with Crippen molar-refractivity contribution >= 4 is 46.2 Å². The minimum absolute atomic E-state index is 0.341. The van der Waals surface area contributed by atoms with E-state index in [4.69, 9.17) is 0 Å². The van der Waals surface area contributed by atoms with E-state index in [0.29, 0.717) is 33.5 Å². The van der Waals surface area contributed by atoms with E-state index in [1.807, 2.05) is 35.0 Å². The van der Waals surface area contributed by atoms with E-state index < -0.39 is 0 Å². The van der Waals surface area contributed by atoms with Crippen LogP contribution in [0.5, 0.6) is 0 Å². The van der Waals surface area contributed by atoms with Crippen molar-refractivity contribution in [3.8, 4) is 0 Å². The second-order valence-electron chi connectivity index (χ2n) is 5.55. The lowest BCUT2D eigenvalue weighted by molar-refractivity contribution is 0.0987. The molecule has 0 aliphatic carbocycles. The maximum absolute atomic E-state index is 12.5. The summed E-state index contributed by atoms with van der Waals surface area (Å²) in [5.74, 6) is -0.0473. The first-order valence-corrected chi connectivity index (χ1v) is 9.40. The maximum Gasteiger partial charge on any atom is 0.281 e. The summed E-state index contributed by atoms with van der Waals surface area (Å²) in [5, 5.41) is 4.63. The Kier molecular flexibility index (Phi) is 3.34. The number of carbonyl (C=O) groups excluding carboxylic acids is 2. The van der Waals surface area contributed by atoms with Crippen LogP contribution < -0.4 is 10.7 Å². The molecule has 2 aromatic heterocycles. The molecule has 0 atom stereocenters. The van der Waals surface area contributed by atoms with Crippen molar-refractivity contribution in [2.24, 2.45) is 20.0 Å². The van der Waals surface area contributed by atoms with Gasteiger partial charge in [-0.1, -0.05) is 12.1 Å². The summed E-state index contributed by atoms with van der Waals surface area (Å²) in [5.41, 5.74) is 0.682. The molecule has 0 saturated carbocycles. The molecular weight excluding hydrogens is 368 g/mol. The van der Waals surface area contributed by atoms with E-state index in [0.717, 1.165) is 9.75 Å². The number of amidine groups is 2. The average Bonchev–Trinajstić information content (AvgIpc) is 3.34. The lowest BCUT2D eigenvalue weighted by Crippen LogP contribution is -2.31. The number of hydrogen-bond donors (Lipinski definition) is 0. The SMILES string of the molecule is O=C1N=C(c2cccs2)N=c2cc3c(cc21)=NC(c1cccs1)=NC3=O. The Bertz CT molecular complexity index is 1150. The fraction of sp³-hybridized carbons (Fsp3) is 0. The number of thiophene rings is 2. The molecular formula is C18H8N4O2S2. The molecule has 0 N–H and O–H groups in total. The Balaban J connectivity index is 1.69. The Morgan fingerprint density at radius 3 is 1.50 bits per heavy atom. The van der Waals surface area contributed by atoms with Gasteiger partial charge in [0.2, 0.25) is 0 Å². The number of fused-ring (bicyclic) bond motifs is 2. The second kappa shape index (κ2) is 5.72. The van der Waals surface area contributed by atoms with Crippen LogP contribution in [0.3, 0.4) is 0 Å². The molecule has 1 aromatic carbocycles. The third-order valence-corrected chi connectivity index (χ3v) is 5.66. The molecule has 26 heavy (non-hydrogen) atoms. The van der Waals surface area contributed by atoms with Gasteiger partial charge < -0.3 is 0 Å². The fourth-order valence-electron chi connectivity index (χ4n) is 2.73. The van der Waals surface area contributed by atoms with E-state index in [9.17, 15) is 9.59 Å². The van der Waals surface area contributed by atoms with Gasteiger partial charge in [-0.3, -0.25) is 9.59 Å². The summed E-state index contributed by atoms with van der Waals surface area (Å²) in [4.78, 5) is 43.6. The average molecular weight is 376 g/mol. The Morgan fingerprint density at radius 1 is 0.654 bits per heavy atom. The molecule has 0 bridgehead atoms. The molecule has 124 valence electrons. The molecule has 2 aliphatic rings. The first-order valence-electron chi connectivity index (χ1n) is 7.64. The maximum atomic E-state index is 12.5. The molecule has 8 heteroatoms. The first-order chi connectivity index (χ1) is 12.7. The molecule has 0 fully saturated rings. The second-order valence-corrected chi connectivity index (χ2v) is 7.44. The van der Waals surface area contributed by atoms with Crippen LogP contribution in [-0.4, -0.2) is 23.5 Å². The van der Waals surface area contributed by atoms with Crippen LogP contribution in [0.15, 0.2) is 67.1 Å². The topological polar surface area (TPSA) is 83.6 Å². The van der Waals surface area contributed by atoms with Gasteiger partial charge in [-0.05, 0) is 35.0 Å². The predicted octanol–water partition coefficient (Wildman–Crippen LogP) is 2.25. The van der Waals surface area contributed by atoms with E-state index >= 15 is 0 Å². The molecule has 0 saturated heterocycles. The Hall–Kier alpha value is -3.10. The largest absolute Gasteiger partial charge is 0.281 e. The van der Waals surface area contributed by atoms with Gasteiger partial charge in [0, 0.05) is 0 Å². The predicted molar refractivity (Wildman–Crippen MR) is 99.1 cm³/mol. The number of amides is 2. The van der Waals surface area contributed by atoms with Gasteiger partial charge in [0.15, 0.2) is 11.7 Å². The number of benzene rings is 1. The van der Waals surface area contributed by atoms with Gasteiger partial charge in [-0.2, -0.15) is 9.98 Å². The molecule has 2 aliphatic heterocycles. The molecule has 0 radical (unpaired) electrons. The summed E-state index contributed by atoms with van der Waals surface area (Å²) < 4.78 is 0. The number of nitrogens with zero attached hydrogens (tertiary/aromatic N) is 4. The first kappa shape index (κ1) is 15.2. The minimum Gasteiger partial charge on any atom is -0.267 e. The smallest absolute Gasteiger partial charge is 0.267 e. The van der Waals surface area contributed by atoms with Crippen LogP contribution in [0.25, 0.3) is 0 Å². The van der Waals surface area contributed by atoms with Gasteiger partial charge in [-0.25, -0.2) is 9.98 Å². The number of carbonyl (C=O) groups is 2. The lowest BCUT2D eigenvalue weighted by atomic mass is 10.1. The molecule has 5 rings (SSSR count). The molecule has 0 unspecified atom stereocenters.